The van der Waals surface area contributed by atoms with E-state index in [9.17, 15) is 14.9 Å². The molecule has 18 heavy (non-hydrogen) atoms. The monoisotopic (exact) mass is 251 g/mol. The lowest BCUT2D eigenvalue weighted by atomic mass is 10.1. The predicted molar refractivity (Wildman–Crippen MR) is 68.5 cm³/mol. The average Bonchev–Trinajstić information content (AvgIpc) is 2.36. The Labute approximate surface area is 106 Å². The maximum Gasteiger partial charge on any atom is 0.270 e. The number of hydrogen-bond acceptors (Lipinski definition) is 4. The molecule has 1 rings (SSSR count). The minimum absolute atomic E-state index is 0.0778. The molecule has 0 bridgehead atoms. The number of non-ortho nitro benzene ring substituents is 1. The van der Waals surface area contributed by atoms with Crippen LogP contribution in [0.5, 0.6) is 0 Å². The zero-order valence-electron chi connectivity index (χ0n) is 10.5. The van der Waals surface area contributed by atoms with Gasteiger partial charge in [0.2, 0.25) is 0 Å². The zero-order chi connectivity index (χ0) is 13.5. The molecule has 0 heterocycles. The van der Waals surface area contributed by atoms with E-state index in [-0.39, 0.29) is 11.6 Å². The fourth-order valence-corrected chi connectivity index (χ4v) is 1.55. The standard InChI is InChI=1S/C12H17N3O3/c1-9(7-13-2)8-14-12(16)10-4-3-5-11(6-10)15(17)18/h3-6,9,13H,7-8H2,1-2H3,(H,14,16). The topological polar surface area (TPSA) is 84.3 Å². The van der Waals surface area contributed by atoms with Gasteiger partial charge in [0.05, 0.1) is 4.92 Å². The van der Waals surface area contributed by atoms with Crippen LogP contribution in [0, 0.1) is 16.0 Å². The highest BCUT2D eigenvalue weighted by Gasteiger charge is 2.11. The second-order valence-corrected chi connectivity index (χ2v) is 4.18. The van der Waals surface area contributed by atoms with Gasteiger partial charge in [-0.25, -0.2) is 0 Å². The van der Waals surface area contributed by atoms with Gasteiger partial charge >= 0.3 is 0 Å². The first kappa shape index (κ1) is 14.1. The third kappa shape index (κ3) is 4.14. The number of nitrogens with zero attached hydrogens (tertiary/aromatic N) is 1. The Bertz CT molecular complexity index is 434. The van der Waals surface area contributed by atoms with Gasteiger partial charge in [-0.2, -0.15) is 0 Å². The molecule has 98 valence electrons. The number of carbonyl (C=O) groups excluding carboxylic acids is 1. The van der Waals surface area contributed by atoms with Crippen molar-refractivity contribution in [1.29, 1.82) is 0 Å². The van der Waals surface area contributed by atoms with Crippen LogP contribution in [0.25, 0.3) is 0 Å². The van der Waals surface area contributed by atoms with Crippen LogP contribution in [-0.4, -0.2) is 31.0 Å². The molecule has 1 atom stereocenters. The Morgan fingerprint density at radius 1 is 1.44 bits per heavy atom. The highest BCUT2D eigenvalue weighted by molar-refractivity contribution is 5.94. The Morgan fingerprint density at radius 2 is 2.17 bits per heavy atom. The van der Waals surface area contributed by atoms with Gasteiger partial charge in [-0.15, -0.1) is 0 Å². The van der Waals surface area contributed by atoms with Crippen molar-refractivity contribution in [3.8, 4) is 0 Å². The smallest absolute Gasteiger partial charge is 0.270 e. The summed E-state index contributed by atoms with van der Waals surface area (Å²) in [5, 5.41) is 16.4. The number of carbonyl (C=O) groups is 1. The summed E-state index contributed by atoms with van der Waals surface area (Å²) < 4.78 is 0. The Kier molecular flexibility index (Phi) is 5.26. The normalized spacial score (nSPS) is 11.9. The number of hydrogen-bond donors (Lipinski definition) is 2. The van der Waals surface area contributed by atoms with E-state index in [0.717, 1.165) is 6.54 Å². The molecule has 0 aliphatic carbocycles. The van der Waals surface area contributed by atoms with E-state index in [1.807, 2.05) is 14.0 Å². The molecule has 6 heteroatoms. The van der Waals surface area contributed by atoms with Crippen molar-refractivity contribution >= 4 is 11.6 Å². The fraction of sp³-hybridized carbons (Fsp3) is 0.417. The number of benzene rings is 1. The Morgan fingerprint density at radius 3 is 2.78 bits per heavy atom. The van der Waals surface area contributed by atoms with E-state index in [1.54, 1.807) is 6.07 Å². The van der Waals surface area contributed by atoms with Gasteiger partial charge in [0, 0.05) is 24.2 Å². The van der Waals surface area contributed by atoms with Gasteiger partial charge < -0.3 is 10.6 Å². The molecule has 0 saturated heterocycles. The number of rotatable bonds is 6. The fourth-order valence-electron chi connectivity index (χ4n) is 1.55. The molecular formula is C12H17N3O3. The molecule has 0 saturated carbocycles. The molecule has 6 nitrogen and oxygen atoms in total. The maximum atomic E-state index is 11.8. The van der Waals surface area contributed by atoms with Crippen molar-refractivity contribution in [1.82, 2.24) is 10.6 Å². The lowest BCUT2D eigenvalue weighted by molar-refractivity contribution is -0.384. The van der Waals surface area contributed by atoms with Crippen molar-refractivity contribution in [3.63, 3.8) is 0 Å². The van der Waals surface area contributed by atoms with E-state index >= 15 is 0 Å². The number of nitro benzene ring substituents is 1. The summed E-state index contributed by atoms with van der Waals surface area (Å²) in [6.45, 7) is 3.34. The largest absolute Gasteiger partial charge is 0.352 e. The summed E-state index contributed by atoms with van der Waals surface area (Å²) in [6.07, 6.45) is 0. The molecule has 1 aromatic rings. The number of nitro groups is 1. The van der Waals surface area contributed by atoms with E-state index in [1.165, 1.54) is 18.2 Å². The third-order valence-electron chi connectivity index (χ3n) is 2.48. The van der Waals surface area contributed by atoms with E-state index in [4.69, 9.17) is 0 Å². The number of amides is 1. The first-order valence-corrected chi connectivity index (χ1v) is 5.72. The van der Waals surface area contributed by atoms with Crippen LogP contribution in [-0.2, 0) is 0 Å². The van der Waals surface area contributed by atoms with Crippen molar-refractivity contribution in [2.75, 3.05) is 20.1 Å². The SMILES string of the molecule is CNCC(C)CNC(=O)c1cccc([N+](=O)[O-])c1. The van der Waals surface area contributed by atoms with Crippen LogP contribution >= 0.6 is 0 Å². The van der Waals surface area contributed by atoms with Crippen molar-refractivity contribution < 1.29 is 9.72 Å². The first-order valence-electron chi connectivity index (χ1n) is 5.72. The molecule has 2 N–H and O–H groups in total. The lowest BCUT2D eigenvalue weighted by Crippen LogP contribution is -2.32. The molecule has 1 amide bonds. The van der Waals surface area contributed by atoms with Gasteiger partial charge in [0.15, 0.2) is 0 Å². The quantitative estimate of drug-likeness (QED) is 0.587. The van der Waals surface area contributed by atoms with Gasteiger partial charge in [-0.3, -0.25) is 14.9 Å². The van der Waals surface area contributed by atoms with Crippen molar-refractivity contribution in [3.05, 3.63) is 39.9 Å². The van der Waals surface area contributed by atoms with E-state index in [0.29, 0.717) is 18.0 Å². The molecule has 1 aromatic carbocycles. The maximum absolute atomic E-state index is 11.8. The minimum Gasteiger partial charge on any atom is -0.352 e. The lowest BCUT2D eigenvalue weighted by Gasteiger charge is -2.11. The average molecular weight is 251 g/mol. The molecule has 0 aliphatic heterocycles. The van der Waals surface area contributed by atoms with E-state index < -0.39 is 4.92 Å². The van der Waals surface area contributed by atoms with Gasteiger partial charge in [-0.05, 0) is 25.6 Å². The third-order valence-corrected chi connectivity index (χ3v) is 2.48. The van der Waals surface area contributed by atoms with Crippen LogP contribution in [0.2, 0.25) is 0 Å². The summed E-state index contributed by atoms with van der Waals surface area (Å²) in [5.74, 6) is 0.0132. The first-order chi connectivity index (χ1) is 8.54. The Balaban J connectivity index is 2.61. The molecule has 0 aliphatic rings. The summed E-state index contributed by atoms with van der Waals surface area (Å²) in [7, 11) is 1.85. The van der Waals surface area contributed by atoms with Crippen molar-refractivity contribution in [2.45, 2.75) is 6.92 Å². The van der Waals surface area contributed by atoms with Crippen LogP contribution in [0.15, 0.2) is 24.3 Å². The van der Waals surface area contributed by atoms with Crippen LogP contribution in [0.4, 0.5) is 5.69 Å². The Hall–Kier alpha value is -1.95. The molecule has 0 spiro atoms. The molecule has 0 fully saturated rings. The summed E-state index contributed by atoms with van der Waals surface area (Å²) in [6, 6.07) is 5.70. The van der Waals surface area contributed by atoms with Gasteiger partial charge in [-0.1, -0.05) is 13.0 Å². The summed E-state index contributed by atoms with van der Waals surface area (Å²) >= 11 is 0. The second-order valence-electron chi connectivity index (χ2n) is 4.18. The summed E-state index contributed by atoms with van der Waals surface area (Å²) in [4.78, 5) is 21.9. The van der Waals surface area contributed by atoms with Crippen LogP contribution in [0.1, 0.15) is 17.3 Å². The number of nitrogens with one attached hydrogen (secondary N) is 2. The highest BCUT2D eigenvalue weighted by Crippen LogP contribution is 2.12. The molecular weight excluding hydrogens is 234 g/mol. The highest BCUT2D eigenvalue weighted by atomic mass is 16.6. The van der Waals surface area contributed by atoms with Crippen LogP contribution < -0.4 is 10.6 Å². The predicted octanol–water partition coefficient (Wildman–Crippen LogP) is 1.18. The molecule has 1 unspecified atom stereocenters. The molecule has 0 radical (unpaired) electrons. The van der Waals surface area contributed by atoms with E-state index in [2.05, 4.69) is 10.6 Å². The van der Waals surface area contributed by atoms with Gasteiger partial charge in [0.25, 0.3) is 11.6 Å². The van der Waals surface area contributed by atoms with Gasteiger partial charge in [0.1, 0.15) is 0 Å². The van der Waals surface area contributed by atoms with Crippen LogP contribution in [0.3, 0.4) is 0 Å². The minimum atomic E-state index is -0.513. The molecule has 0 aromatic heterocycles. The zero-order valence-corrected chi connectivity index (χ0v) is 10.5. The second kappa shape index (κ2) is 6.70. The summed E-state index contributed by atoms with van der Waals surface area (Å²) in [5.41, 5.74) is 0.229. The van der Waals surface area contributed by atoms with Crippen molar-refractivity contribution in [2.24, 2.45) is 5.92 Å².